The van der Waals surface area contributed by atoms with Crippen LogP contribution in [0.25, 0.3) is 0 Å². The molecule has 1 aromatic carbocycles. The first kappa shape index (κ1) is 14.9. The van der Waals surface area contributed by atoms with Crippen molar-refractivity contribution in [3.63, 3.8) is 0 Å². The Morgan fingerprint density at radius 3 is 2.88 bits per heavy atom. The van der Waals surface area contributed by atoms with Crippen LogP contribution in [0.15, 0.2) is 12.1 Å². The predicted octanol–water partition coefficient (Wildman–Crippen LogP) is 2.59. The second-order valence-electron chi connectivity index (χ2n) is 9.09. The Hall–Kier alpha value is -1.26. The fourth-order valence-electron chi connectivity index (χ4n) is 6.83. The van der Waals surface area contributed by atoms with Gasteiger partial charge in [0, 0.05) is 23.6 Å². The number of benzene rings is 1. The lowest BCUT2D eigenvalue weighted by Gasteiger charge is -2.59. The van der Waals surface area contributed by atoms with Gasteiger partial charge in [-0.2, -0.15) is 0 Å². The van der Waals surface area contributed by atoms with Gasteiger partial charge in [-0.3, -0.25) is 4.90 Å². The van der Waals surface area contributed by atoms with Crippen molar-refractivity contribution in [2.75, 3.05) is 13.1 Å². The molecule has 1 spiro atoms. The Balaban J connectivity index is 1.48. The van der Waals surface area contributed by atoms with Crippen molar-refractivity contribution in [2.24, 2.45) is 11.8 Å². The topological polar surface area (TPSA) is 52.9 Å². The minimum Gasteiger partial charge on any atom is -0.504 e. The first-order chi connectivity index (χ1) is 12.2. The molecule has 6 rings (SSSR count). The molecule has 0 amide bonds. The summed E-state index contributed by atoms with van der Waals surface area (Å²) in [5.41, 5.74) is 2.53. The highest BCUT2D eigenvalue weighted by molar-refractivity contribution is 5.60. The number of likely N-dealkylation sites (tertiary alicyclic amines) is 1. The van der Waals surface area contributed by atoms with E-state index in [1.807, 2.05) is 0 Å². The van der Waals surface area contributed by atoms with Crippen LogP contribution in [0.1, 0.15) is 49.7 Å². The van der Waals surface area contributed by atoms with Gasteiger partial charge >= 0.3 is 0 Å². The Bertz CT molecular complexity index is 730. The molecule has 2 heterocycles. The molecule has 1 aromatic rings. The number of rotatable bonds is 2. The van der Waals surface area contributed by atoms with Gasteiger partial charge in [0.15, 0.2) is 11.5 Å². The summed E-state index contributed by atoms with van der Waals surface area (Å²) in [5, 5.41) is 21.1. The number of aliphatic hydroxyl groups excluding tert-OH is 1. The van der Waals surface area contributed by atoms with Crippen molar-refractivity contribution < 1.29 is 14.9 Å². The number of hydrogen-bond acceptors (Lipinski definition) is 4. The van der Waals surface area contributed by atoms with E-state index >= 15 is 0 Å². The van der Waals surface area contributed by atoms with E-state index in [0.29, 0.717) is 17.7 Å². The standard InChI is InChI=1S/C21H27NO3/c23-16-6-4-13-10-15-14-5-7-17(24)20-21(14,18(13)19(16)25-20)8-9-22(15)11-12-2-1-3-12/h4,6,12,14-15,17,20,23-24H,1-3,5,7-11H2/t14?,15-,17+,20+,21+/m1/s1. The Morgan fingerprint density at radius 2 is 2.08 bits per heavy atom. The molecule has 4 nitrogen and oxygen atoms in total. The van der Waals surface area contributed by atoms with Crippen LogP contribution in [-0.4, -0.2) is 46.5 Å². The smallest absolute Gasteiger partial charge is 0.165 e. The lowest BCUT2D eigenvalue weighted by molar-refractivity contribution is -0.107. The van der Waals surface area contributed by atoms with Gasteiger partial charge in [0.25, 0.3) is 0 Å². The van der Waals surface area contributed by atoms with Crippen molar-refractivity contribution in [3.8, 4) is 11.5 Å². The van der Waals surface area contributed by atoms with Crippen LogP contribution < -0.4 is 4.74 Å². The van der Waals surface area contributed by atoms with Crippen LogP contribution in [-0.2, 0) is 11.8 Å². The summed E-state index contributed by atoms with van der Waals surface area (Å²) in [6.07, 6.45) is 7.69. The molecule has 0 radical (unpaired) electrons. The summed E-state index contributed by atoms with van der Waals surface area (Å²) in [6, 6.07) is 4.48. The van der Waals surface area contributed by atoms with E-state index < -0.39 is 6.10 Å². The lowest BCUT2D eigenvalue weighted by atomic mass is 9.51. The summed E-state index contributed by atoms with van der Waals surface area (Å²) in [5.74, 6) is 2.39. The average molecular weight is 341 g/mol. The number of ether oxygens (including phenoxy) is 1. The summed E-state index contributed by atoms with van der Waals surface area (Å²) < 4.78 is 6.25. The third-order valence-electron chi connectivity index (χ3n) is 8.12. The number of aromatic hydroxyl groups is 1. The van der Waals surface area contributed by atoms with E-state index in [-0.39, 0.29) is 17.3 Å². The number of phenols is 1. The molecule has 2 N–H and O–H groups in total. The van der Waals surface area contributed by atoms with Crippen LogP contribution in [0, 0.1) is 11.8 Å². The zero-order chi connectivity index (χ0) is 16.8. The molecule has 0 aromatic heterocycles. The molecular weight excluding hydrogens is 314 g/mol. The largest absolute Gasteiger partial charge is 0.504 e. The SMILES string of the molecule is Oc1ccc2c3c1O[C@H]1[C@@H](O)CCC4[C@@H](C2)N(CC2CCC2)CC[C@@]341. The summed E-state index contributed by atoms with van der Waals surface area (Å²) in [4.78, 5) is 2.77. The van der Waals surface area contributed by atoms with E-state index in [1.54, 1.807) is 6.07 Å². The van der Waals surface area contributed by atoms with Crippen molar-refractivity contribution >= 4 is 0 Å². The van der Waals surface area contributed by atoms with Crippen LogP contribution in [0.2, 0.25) is 0 Å². The van der Waals surface area contributed by atoms with Crippen molar-refractivity contribution in [1.82, 2.24) is 4.90 Å². The van der Waals surface area contributed by atoms with E-state index in [0.717, 1.165) is 38.1 Å². The van der Waals surface area contributed by atoms with Gasteiger partial charge in [-0.15, -0.1) is 0 Å². The second-order valence-corrected chi connectivity index (χ2v) is 9.09. The van der Waals surface area contributed by atoms with Crippen LogP contribution in [0.3, 0.4) is 0 Å². The molecule has 25 heavy (non-hydrogen) atoms. The number of aliphatic hydroxyl groups is 1. The van der Waals surface area contributed by atoms with E-state index in [9.17, 15) is 10.2 Å². The maximum absolute atomic E-state index is 10.7. The number of phenolic OH excluding ortho intramolecular Hbond substituents is 1. The van der Waals surface area contributed by atoms with Crippen molar-refractivity contribution in [2.45, 2.75) is 68.6 Å². The fraction of sp³-hybridized carbons (Fsp3) is 0.714. The zero-order valence-electron chi connectivity index (χ0n) is 14.7. The lowest BCUT2D eigenvalue weighted by Crippen LogP contribution is -2.67. The molecule has 2 bridgehead atoms. The molecule has 5 atom stereocenters. The Morgan fingerprint density at radius 1 is 1.20 bits per heavy atom. The Kier molecular flexibility index (Phi) is 2.92. The van der Waals surface area contributed by atoms with Crippen LogP contribution in [0.5, 0.6) is 11.5 Å². The van der Waals surface area contributed by atoms with Gasteiger partial charge < -0.3 is 14.9 Å². The van der Waals surface area contributed by atoms with Crippen LogP contribution in [0.4, 0.5) is 0 Å². The summed E-state index contributed by atoms with van der Waals surface area (Å²) in [7, 11) is 0. The van der Waals surface area contributed by atoms with Crippen molar-refractivity contribution in [3.05, 3.63) is 23.3 Å². The predicted molar refractivity (Wildman–Crippen MR) is 94.0 cm³/mol. The van der Waals surface area contributed by atoms with Gasteiger partial charge in [-0.05, 0) is 68.5 Å². The monoisotopic (exact) mass is 341 g/mol. The summed E-state index contributed by atoms with van der Waals surface area (Å²) >= 11 is 0. The fourth-order valence-corrected chi connectivity index (χ4v) is 6.83. The first-order valence-electron chi connectivity index (χ1n) is 10.1. The molecule has 5 aliphatic rings. The third-order valence-corrected chi connectivity index (χ3v) is 8.12. The highest BCUT2D eigenvalue weighted by Gasteiger charge is 2.65. The molecular formula is C21H27NO3. The van der Waals surface area contributed by atoms with E-state index in [2.05, 4.69) is 11.0 Å². The minimum absolute atomic E-state index is 0.0693. The Labute approximate surface area is 148 Å². The van der Waals surface area contributed by atoms with Gasteiger partial charge in [-0.25, -0.2) is 0 Å². The molecule has 4 heteroatoms. The number of piperidine rings is 1. The molecule has 2 saturated carbocycles. The maximum atomic E-state index is 10.7. The van der Waals surface area contributed by atoms with E-state index in [4.69, 9.17) is 4.74 Å². The zero-order valence-corrected chi connectivity index (χ0v) is 14.7. The van der Waals surface area contributed by atoms with Gasteiger partial charge in [-0.1, -0.05) is 12.5 Å². The third kappa shape index (κ3) is 1.75. The second kappa shape index (κ2) is 4.92. The molecule has 1 saturated heterocycles. The molecule has 3 aliphatic carbocycles. The summed E-state index contributed by atoms with van der Waals surface area (Å²) in [6.45, 7) is 2.37. The average Bonchev–Trinajstić information content (AvgIpc) is 2.92. The quantitative estimate of drug-likeness (QED) is 0.868. The minimum atomic E-state index is -0.409. The van der Waals surface area contributed by atoms with E-state index in [1.165, 1.54) is 36.9 Å². The number of hydrogen-bond donors (Lipinski definition) is 2. The van der Waals surface area contributed by atoms with Gasteiger partial charge in [0.2, 0.25) is 0 Å². The van der Waals surface area contributed by atoms with Gasteiger partial charge in [0.05, 0.1) is 6.10 Å². The van der Waals surface area contributed by atoms with Gasteiger partial charge in [0.1, 0.15) is 6.10 Å². The van der Waals surface area contributed by atoms with Crippen molar-refractivity contribution in [1.29, 1.82) is 0 Å². The molecule has 2 aliphatic heterocycles. The first-order valence-corrected chi connectivity index (χ1v) is 10.1. The number of nitrogens with zero attached hydrogens (tertiary/aromatic N) is 1. The van der Waals surface area contributed by atoms with Crippen LogP contribution >= 0.6 is 0 Å². The highest BCUT2D eigenvalue weighted by Crippen LogP contribution is 2.63. The molecule has 134 valence electrons. The molecule has 3 fully saturated rings. The normalized spacial score (nSPS) is 41.8. The maximum Gasteiger partial charge on any atom is 0.165 e. The highest BCUT2D eigenvalue weighted by atomic mass is 16.5. The molecule has 1 unspecified atom stereocenters.